The van der Waals surface area contributed by atoms with Crippen molar-refractivity contribution in [2.75, 3.05) is 13.6 Å². The normalized spacial score (nSPS) is 12.2. The molecule has 5 N–H and O–H groups in total. The molecular weight excluding hydrogens is 436 g/mol. The molecule has 0 aromatic heterocycles. The molecule has 1 aromatic carbocycles. The number of amides is 3. The van der Waals surface area contributed by atoms with Crippen LogP contribution in [0.25, 0.3) is 0 Å². The van der Waals surface area contributed by atoms with E-state index in [4.69, 9.17) is 10.2 Å². The van der Waals surface area contributed by atoms with Gasteiger partial charge in [0.2, 0.25) is 0 Å². The quantitative estimate of drug-likeness (QED) is 0.201. The number of aliphatic carboxylic acids is 3. The molecule has 0 fully saturated rings. The van der Waals surface area contributed by atoms with Gasteiger partial charge in [0.25, 0.3) is 5.91 Å². The Labute approximate surface area is 190 Å². The highest BCUT2D eigenvalue weighted by Crippen LogP contribution is 2.12. The van der Waals surface area contributed by atoms with Gasteiger partial charge in [0, 0.05) is 25.6 Å². The average molecular weight is 464 g/mol. The molecule has 1 rings (SSSR count). The molecule has 1 aromatic rings. The summed E-state index contributed by atoms with van der Waals surface area (Å²) in [5.41, 5.74) is 1.08. The van der Waals surface area contributed by atoms with Crippen LogP contribution in [-0.4, -0.2) is 82.5 Å². The number of likely N-dealkylation sites (N-methyl/N-ethyl adjacent to an activating group) is 1. The van der Waals surface area contributed by atoms with Gasteiger partial charge in [-0.1, -0.05) is 0 Å². The minimum atomic E-state index is -1.46. The van der Waals surface area contributed by atoms with E-state index in [-0.39, 0.29) is 18.7 Å². The zero-order chi connectivity index (χ0) is 25.0. The van der Waals surface area contributed by atoms with E-state index in [2.05, 4.69) is 22.3 Å². The topological polar surface area (TPSA) is 186 Å². The van der Waals surface area contributed by atoms with E-state index < -0.39 is 42.4 Å². The van der Waals surface area contributed by atoms with E-state index in [1.807, 2.05) is 0 Å². The molecule has 0 saturated carbocycles. The molecule has 0 radical (unpaired) electrons. The number of urea groups is 1. The SMILES string of the molecule is C=Nc1ccc(C(=O)NCCCC[C@@H](C(=O)O)N(C)C(=O)N[C@@H](CCC(=O)O)C(=O)O)cc1. The summed E-state index contributed by atoms with van der Waals surface area (Å²) >= 11 is 0. The highest BCUT2D eigenvalue weighted by Gasteiger charge is 2.29. The van der Waals surface area contributed by atoms with Crippen LogP contribution < -0.4 is 10.6 Å². The fourth-order valence-corrected chi connectivity index (χ4v) is 2.89. The van der Waals surface area contributed by atoms with Gasteiger partial charge >= 0.3 is 23.9 Å². The van der Waals surface area contributed by atoms with Gasteiger partial charge in [-0.2, -0.15) is 0 Å². The first-order valence-corrected chi connectivity index (χ1v) is 10.1. The van der Waals surface area contributed by atoms with E-state index in [9.17, 15) is 29.1 Å². The summed E-state index contributed by atoms with van der Waals surface area (Å²) in [5, 5.41) is 32.1. The van der Waals surface area contributed by atoms with E-state index in [0.29, 0.717) is 30.6 Å². The fraction of sp³-hybridized carbons (Fsp3) is 0.429. The summed E-state index contributed by atoms with van der Waals surface area (Å²) in [6.45, 7) is 3.68. The minimum Gasteiger partial charge on any atom is -0.481 e. The number of hydrogen-bond acceptors (Lipinski definition) is 6. The maximum Gasteiger partial charge on any atom is 0.326 e. The molecule has 0 aliphatic heterocycles. The van der Waals surface area contributed by atoms with Crippen LogP contribution in [-0.2, 0) is 14.4 Å². The number of rotatable bonds is 14. The predicted molar refractivity (Wildman–Crippen MR) is 118 cm³/mol. The number of carboxylic acid groups (broad SMARTS) is 3. The number of hydrogen-bond donors (Lipinski definition) is 5. The molecule has 180 valence electrons. The van der Waals surface area contributed by atoms with Gasteiger partial charge in [0.15, 0.2) is 0 Å². The van der Waals surface area contributed by atoms with Crippen molar-refractivity contribution in [3.8, 4) is 0 Å². The smallest absolute Gasteiger partial charge is 0.326 e. The van der Waals surface area contributed by atoms with Crippen molar-refractivity contribution in [1.29, 1.82) is 0 Å². The molecule has 0 bridgehead atoms. The van der Waals surface area contributed by atoms with Gasteiger partial charge in [-0.3, -0.25) is 14.6 Å². The Balaban J connectivity index is 2.52. The molecule has 0 unspecified atom stereocenters. The lowest BCUT2D eigenvalue weighted by Gasteiger charge is -2.26. The summed E-state index contributed by atoms with van der Waals surface area (Å²) in [4.78, 5) is 62.5. The van der Waals surface area contributed by atoms with Crippen LogP contribution in [0.15, 0.2) is 29.3 Å². The van der Waals surface area contributed by atoms with Gasteiger partial charge in [-0.25, -0.2) is 14.4 Å². The Bertz CT molecular complexity index is 872. The number of unbranched alkanes of at least 4 members (excludes halogenated alkanes) is 1. The maximum atomic E-state index is 12.3. The largest absolute Gasteiger partial charge is 0.481 e. The minimum absolute atomic E-state index is 0.0711. The predicted octanol–water partition coefficient (Wildman–Crippen LogP) is 1.33. The zero-order valence-electron chi connectivity index (χ0n) is 18.2. The van der Waals surface area contributed by atoms with Gasteiger partial charge in [-0.15, -0.1) is 0 Å². The standard InChI is InChI=1S/C21H28N4O8/c1-22-14-8-6-13(7-9-14)18(28)23-12-4-3-5-16(20(31)32)25(2)21(33)24-15(19(29)30)10-11-17(26)27/h6-9,15-16H,1,3-5,10-12H2,2H3,(H,23,28)(H,24,33)(H,26,27)(H,29,30)(H,31,32)/t15-,16-/m0/s1. The van der Waals surface area contributed by atoms with Crippen LogP contribution >= 0.6 is 0 Å². The Morgan fingerprint density at radius 1 is 1.00 bits per heavy atom. The van der Waals surface area contributed by atoms with Gasteiger partial charge < -0.3 is 30.9 Å². The molecule has 2 atom stereocenters. The number of aliphatic imine (C=N–C) groups is 1. The van der Waals surface area contributed by atoms with Crippen LogP contribution in [0.1, 0.15) is 42.5 Å². The molecule has 3 amide bonds. The average Bonchev–Trinajstić information content (AvgIpc) is 2.77. The Morgan fingerprint density at radius 3 is 2.15 bits per heavy atom. The summed E-state index contributed by atoms with van der Waals surface area (Å²) in [6.07, 6.45) is 0.0870. The summed E-state index contributed by atoms with van der Waals surface area (Å²) < 4.78 is 0. The third kappa shape index (κ3) is 9.37. The van der Waals surface area contributed by atoms with Gasteiger partial charge in [0.1, 0.15) is 12.1 Å². The molecule has 0 heterocycles. The second-order valence-corrected chi connectivity index (χ2v) is 7.19. The lowest BCUT2D eigenvalue weighted by Crippen LogP contribution is -2.52. The lowest BCUT2D eigenvalue weighted by molar-refractivity contribution is -0.142. The highest BCUT2D eigenvalue weighted by molar-refractivity contribution is 5.94. The van der Waals surface area contributed by atoms with Crippen molar-refractivity contribution >= 4 is 42.3 Å². The van der Waals surface area contributed by atoms with Gasteiger partial charge in [-0.05, 0) is 56.7 Å². The highest BCUT2D eigenvalue weighted by atomic mass is 16.4. The van der Waals surface area contributed by atoms with Crippen molar-refractivity contribution in [1.82, 2.24) is 15.5 Å². The number of carbonyl (C=O) groups is 5. The third-order valence-electron chi connectivity index (χ3n) is 4.82. The van der Waals surface area contributed by atoms with Crippen molar-refractivity contribution in [3.05, 3.63) is 29.8 Å². The Hall–Kier alpha value is -3.96. The lowest BCUT2D eigenvalue weighted by atomic mass is 10.1. The Kier molecular flexibility index (Phi) is 11.0. The third-order valence-corrected chi connectivity index (χ3v) is 4.82. The maximum absolute atomic E-state index is 12.3. The van der Waals surface area contributed by atoms with Crippen molar-refractivity contribution in [2.45, 2.75) is 44.2 Å². The number of nitrogens with zero attached hydrogens (tertiary/aromatic N) is 2. The van der Waals surface area contributed by atoms with Crippen molar-refractivity contribution < 1.29 is 39.3 Å². The van der Waals surface area contributed by atoms with E-state index in [1.165, 1.54) is 7.05 Å². The second kappa shape index (κ2) is 13.5. The van der Waals surface area contributed by atoms with Crippen molar-refractivity contribution in [3.63, 3.8) is 0 Å². The molecular formula is C21H28N4O8. The van der Waals surface area contributed by atoms with Crippen molar-refractivity contribution in [2.24, 2.45) is 4.99 Å². The Morgan fingerprint density at radius 2 is 1.64 bits per heavy atom. The molecule has 0 aliphatic rings. The van der Waals surface area contributed by atoms with Crippen LogP contribution in [0.2, 0.25) is 0 Å². The molecule has 12 nitrogen and oxygen atoms in total. The van der Waals surface area contributed by atoms with E-state index in [0.717, 1.165) is 4.90 Å². The first kappa shape index (κ1) is 27.1. The van der Waals surface area contributed by atoms with Gasteiger partial charge in [0.05, 0.1) is 5.69 Å². The molecule has 0 spiro atoms. The van der Waals surface area contributed by atoms with Crippen LogP contribution in [0, 0.1) is 0 Å². The van der Waals surface area contributed by atoms with E-state index >= 15 is 0 Å². The molecule has 0 aliphatic carbocycles. The first-order chi connectivity index (χ1) is 15.6. The van der Waals surface area contributed by atoms with E-state index in [1.54, 1.807) is 24.3 Å². The fourth-order valence-electron chi connectivity index (χ4n) is 2.89. The summed E-state index contributed by atoms with van der Waals surface area (Å²) in [5.74, 6) is -4.20. The molecule has 12 heteroatoms. The zero-order valence-corrected chi connectivity index (χ0v) is 18.2. The monoisotopic (exact) mass is 464 g/mol. The molecule has 33 heavy (non-hydrogen) atoms. The number of carboxylic acids is 3. The van der Waals surface area contributed by atoms with Crippen LogP contribution in [0.4, 0.5) is 10.5 Å². The molecule has 0 saturated heterocycles. The van der Waals surface area contributed by atoms with Crippen LogP contribution in [0.3, 0.4) is 0 Å². The first-order valence-electron chi connectivity index (χ1n) is 10.1. The number of nitrogens with one attached hydrogen (secondary N) is 2. The second-order valence-electron chi connectivity index (χ2n) is 7.19. The number of carbonyl (C=O) groups excluding carboxylic acids is 2. The summed E-state index contributed by atoms with van der Waals surface area (Å²) in [7, 11) is 1.22. The summed E-state index contributed by atoms with van der Waals surface area (Å²) in [6, 6.07) is 2.88. The van der Waals surface area contributed by atoms with Crippen LogP contribution in [0.5, 0.6) is 0 Å². The number of benzene rings is 1.